The van der Waals surface area contributed by atoms with Gasteiger partial charge in [-0.15, -0.1) is 0 Å². The van der Waals surface area contributed by atoms with E-state index in [-0.39, 0.29) is 5.92 Å². The summed E-state index contributed by atoms with van der Waals surface area (Å²) in [5.41, 5.74) is 6.75. The predicted octanol–water partition coefficient (Wildman–Crippen LogP) is 6.23. The van der Waals surface area contributed by atoms with Crippen molar-refractivity contribution in [3.05, 3.63) is 102 Å². The first-order chi connectivity index (χ1) is 13.9. The molecule has 1 aromatic heterocycles. The molecule has 0 aliphatic heterocycles. The summed E-state index contributed by atoms with van der Waals surface area (Å²) in [6, 6.07) is 21.5. The van der Waals surface area contributed by atoms with E-state index in [0.29, 0.717) is 0 Å². The van der Waals surface area contributed by atoms with Crippen LogP contribution in [0.2, 0.25) is 0 Å². The van der Waals surface area contributed by atoms with Gasteiger partial charge in [0.05, 0.1) is 5.52 Å². The molecular formula is C26H20N2. The number of aromatic nitrogens is 2. The zero-order chi connectivity index (χ0) is 18.5. The van der Waals surface area contributed by atoms with E-state index >= 15 is 0 Å². The van der Waals surface area contributed by atoms with E-state index < -0.39 is 0 Å². The molecule has 1 atom stereocenters. The molecule has 0 bridgehead atoms. The summed E-state index contributed by atoms with van der Waals surface area (Å²) in [7, 11) is 0. The lowest BCUT2D eigenvalue weighted by atomic mass is 9.73. The fourth-order valence-corrected chi connectivity index (χ4v) is 4.84. The van der Waals surface area contributed by atoms with E-state index in [1.54, 1.807) is 0 Å². The highest BCUT2D eigenvalue weighted by Gasteiger charge is 2.31. The standard InChI is InChI=1S/C26H20N2/c1-3-9-19-17(7-1)13-14-22-20-10-4-5-11-21(20)24(15-23(19)22)26-27-16-18-8-2-6-12-25(18)28-26/h1-4,6-10,12-14,16,24H,5,11,15H2. The third kappa shape index (κ3) is 2.34. The Hall–Kier alpha value is -3.26. The van der Waals surface area contributed by atoms with Gasteiger partial charge < -0.3 is 0 Å². The number of rotatable bonds is 1. The Balaban J connectivity index is 1.59. The molecule has 28 heavy (non-hydrogen) atoms. The second-order valence-electron chi connectivity index (χ2n) is 7.74. The minimum Gasteiger partial charge on any atom is -0.240 e. The molecule has 1 unspecified atom stereocenters. The highest BCUT2D eigenvalue weighted by atomic mass is 14.9. The predicted molar refractivity (Wildman–Crippen MR) is 115 cm³/mol. The number of hydrogen-bond acceptors (Lipinski definition) is 2. The molecule has 134 valence electrons. The van der Waals surface area contributed by atoms with Crippen LogP contribution in [0.15, 0.2) is 84.6 Å². The highest BCUT2D eigenvalue weighted by molar-refractivity contribution is 5.94. The van der Waals surface area contributed by atoms with Gasteiger partial charge in [0, 0.05) is 17.5 Å². The molecule has 2 aliphatic rings. The summed E-state index contributed by atoms with van der Waals surface area (Å²) in [6.07, 6.45) is 9.78. The third-order valence-corrected chi connectivity index (χ3v) is 6.19. The first-order valence-corrected chi connectivity index (χ1v) is 10.0. The summed E-state index contributed by atoms with van der Waals surface area (Å²) in [6.45, 7) is 0. The summed E-state index contributed by atoms with van der Waals surface area (Å²) in [5, 5.41) is 3.77. The van der Waals surface area contributed by atoms with Gasteiger partial charge in [0.25, 0.3) is 0 Å². The lowest BCUT2D eigenvalue weighted by molar-refractivity contribution is 0.683. The largest absolute Gasteiger partial charge is 0.240 e. The smallest absolute Gasteiger partial charge is 0.136 e. The minimum absolute atomic E-state index is 0.253. The van der Waals surface area contributed by atoms with Gasteiger partial charge in [-0.2, -0.15) is 0 Å². The van der Waals surface area contributed by atoms with Crippen LogP contribution in [0.5, 0.6) is 0 Å². The Bertz CT molecular complexity index is 1300. The lowest BCUT2D eigenvalue weighted by Gasteiger charge is -2.31. The Labute approximate surface area is 164 Å². The fraction of sp³-hybridized carbons (Fsp3) is 0.154. The van der Waals surface area contributed by atoms with Crippen molar-refractivity contribution in [3.8, 4) is 0 Å². The molecule has 0 spiro atoms. The molecular weight excluding hydrogens is 340 g/mol. The van der Waals surface area contributed by atoms with Gasteiger partial charge in [0.15, 0.2) is 0 Å². The van der Waals surface area contributed by atoms with Crippen molar-refractivity contribution >= 4 is 27.2 Å². The second-order valence-corrected chi connectivity index (χ2v) is 7.74. The molecule has 0 amide bonds. The van der Waals surface area contributed by atoms with Crippen LogP contribution in [0.3, 0.4) is 0 Å². The maximum absolute atomic E-state index is 4.97. The van der Waals surface area contributed by atoms with E-state index in [2.05, 4.69) is 66.7 Å². The van der Waals surface area contributed by atoms with Crippen LogP contribution in [0.4, 0.5) is 0 Å². The average molecular weight is 360 g/mol. The summed E-state index contributed by atoms with van der Waals surface area (Å²) >= 11 is 0. The molecule has 0 saturated heterocycles. The number of hydrogen-bond donors (Lipinski definition) is 0. The van der Waals surface area contributed by atoms with Gasteiger partial charge in [0.1, 0.15) is 5.82 Å². The SMILES string of the molecule is C1=CC2=C(CC1)C(c1ncc3ccccc3n1)Cc1c2ccc2ccccc12. The van der Waals surface area contributed by atoms with Crippen LogP contribution in [-0.2, 0) is 6.42 Å². The fourth-order valence-electron chi connectivity index (χ4n) is 4.84. The summed E-state index contributed by atoms with van der Waals surface area (Å²) in [5.74, 6) is 1.21. The van der Waals surface area contributed by atoms with Gasteiger partial charge >= 0.3 is 0 Å². The first kappa shape index (κ1) is 15.8. The van der Waals surface area contributed by atoms with Gasteiger partial charge in [0.2, 0.25) is 0 Å². The van der Waals surface area contributed by atoms with Crippen molar-refractivity contribution in [1.29, 1.82) is 0 Å². The Kier molecular flexibility index (Phi) is 3.45. The van der Waals surface area contributed by atoms with Crippen molar-refractivity contribution in [1.82, 2.24) is 9.97 Å². The third-order valence-electron chi connectivity index (χ3n) is 6.19. The molecule has 0 fully saturated rings. The van der Waals surface area contributed by atoms with Gasteiger partial charge in [-0.3, -0.25) is 0 Å². The van der Waals surface area contributed by atoms with E-state index in [4.69, 9.17) is 9.97 Å². The second kappa shape index (κ2) is 6.13. The van der Waals surface area contributed by atoms with Gasteiger partial charge in [-0.25, -0.2) is 9.97 Å². The molecule has 0 N–H and O–H groups in total. The molecule has 2 heteroatoms. The Morgan fingerprint density at radius 1 is 0.857 bits per heavy atom. The van der Waals surface area contributed by atoms with E-state index in [1.807, 2.05) is 12.3 Å². The molecule has 2 aliphatic carbocycles. The topological polar surface area (TPSA) is 25.8 Å². The van der Waals surface area contributed by atoms with Crippen molar-refractivity contribution < 1.29 is 0 Å². The van der Waals surface area contributed by atoms with Crippen molar-refractivity contribution in [3.63, 3.8) is 0 Å². The van der Waals surface area contributed by atoms with Crippen LogP contribution in [0, 0.1) is 0 Å². The average Bonchev–Trinajstić information content (AvgIpc) is 2.78. The van der Waals surface area contributed by atoms with Crippen LogP contribution in [0.25, 0.3) is 27.2 Å². The van der Waals surface area contributed by atoms with E-state index in [0.717, 1.165) is 36.0 Å². The maximum Gasteiger partial charge on any atom is 0.136 e. The quantitative estimate of drug-likeness (QED) is 0.402. The molecule has 3 aromatic carbocycles. The van der Waals surface area contributed by atoms with Gasteiger partial charge in [-0.05, 0) is 52.8 Å². The number of benzene rings is 3. The normalized spacial score (nSPS) is 18.4. The molecule has 1 heterocycles. The summed E-state index contributed by atoms with van der Waals surface area (Å²) in [4.78, 5) is 9.78. The number of allylic oxidation sites excluding steroid dienone is 4. The zero-order valence-corrected chi connectivity index (χ0v) is 15.6. The Morgan fingerprint density at radius 3 is 2.68 bits per heavy atom. The minimum atomic E-state index is 0.253. The Morgan fingerprint density at radius 2 is 1.71 bits per heavy atom. The number of para-hydroxylation sites is 1. The van der Waals surface area contributed by atoms with E-state index in [1.165, 1.54) is 33.0 Å². The van der Waals surface area contributed by atoms with Crippen LogP contribution in [0.1, 0.15) is 35.7 Å². The molecule has 0 saturated carbocycles. The van der Waals surface area contributed by atoms with Crippen molar-refractivity contribution in [2.45, 2.75) is 25.2 Å². The summed E-state index contributed by atoms with van der Waals surface area (Å²) < 4.78 is 0. The number of fused-ring (bicyclic) bond motifs is 5. The molecule has 0 radical (unpaired) electrons. The highest BCUT2D eigenvalue weighted by Crippen LogP contribution is 2.45. The van der Waals surface area contributed by atoms with Crippen LogP contribution >= 0.6 is 0 Å². The molecule has 6 rings (SSSR count). The monoisotopic (exact) mass is 360 g/mol. The molecule has 2 nitrogen and oxygen atoms in total. The van der Waals surface area contributed by atoms with Crippen molar-refractivity contribution in [2.75, 3.05) is 0 Å². The van der Waals surface area contributed by atoms with E-state index in [9.17, 15) is 0 Å². The van der Waals surface area contributed by atoms with Crippen LogP contribution in [-0.4, -0.2) is 9.97 Å². The van der Waals surface area contributed by atoms with Crippen LogP contribution < -0.4 is 0 Å². The lowest BCUT2D eigenvalue weighted by Crippen LogP contribution is -2.18. The van der Waals surface area contributed by atoms with Gasteiger partial charge in [-0.1, -0.05) is 72.3 Å². The first-order valence-electron chi connectivity index (χ1n) is 10.0. The maximum atomic E-state index is 4.97. The van der Waals surface area contributed by atoms with Crippen molar-refractivity contribution in [2.24, 2.45) is 0 Å². The number of nitrogens with zero attached hydrogens (tertiary/aromatic N) is 2. The zero-order valence-electron chi connectivity index (χ0n) is 15.6. The molecule has 4 aromatic rings.